The Kier molecular flexibility index (Phi) is 5.69. The van der Waals surface area contributed by atoms with Crippen LogP contribution in [-0.4, -0.2) is 9.97 Å². The smallest absolute Gasteiger partial charge is 0.256 e. The Bertz CT molecular complexity index is 2120. The number of hydrogen-bond donors (Lipinski definition) is 0. The Morgan fingerprint density at radius 2 is 1.02 bits per heavy atom. The van der Waals surface area contributed by atoms with Crippen molar-refractivity contribution in [3.8, 4) is 56.9 Å². The van der Waals surface area contributed by atoms with Crippen LogP contribution in [0.2, 0.25) is 0 Å². The van der Waals surface area contributed by atoms with Crippen LogP contribution in [0.25, 0.3) is 65.9 Å². The van der Waals surface area contributed by atoms with E-state index in [0.717, 1.165) is 67.0 Å². The maximum atomic E-state index is 10.2. The lowest BCUT2D eigenvalue weighted by Crippen LogP contribution is -2.25. The van der Waals surface area contributed by atoms with E-state index in [0.29, 0.717) is 23.3 Å². The minimum Gasteiger partial charge on any atom is -0.256 e. The number of benzene rings is 3. The maximum Gasteiger partial charge on any atom is 0.270 e. The zero-order valence-corrected chi connectivity index (χ0v) is 22.2. The second kappa shape index (κ2) is 9.69. The van der Waals surface area contributed by atoms with Crippen molar-refractivity contribution < 1.29 is 0 Å². The molecule has 2 aliphatic rings. The summed E-state index contributed by atoms with van der Waals surface area (Å²) in [4.78, 5) is 16.5. The summed E-state index contributed by atoms with van der Waals surface area (Å²) in [5, 5.41) is 21.6. The van der Waals surface area contributed by atoms with Gasteiger partial charge in [0.25, 0.3) is 11.4 Å². The van der Waals surface area contributed by atoms with Gasteiger partial charge in [0, 0.05) is 28.7 Å². The van der Waals surface area contributed by atoms with Gasteiger partial charge in [0.1, 0.15) is 0 Å². The van der Waals surface area contributed by atoms with Gasteiger partial charge in [-0.1, -0.05) is 48.5 Å². The van der Waals surface area contributed by atoms with Crippen LogP contribution in [0.3, 0.4) is 0 Å². The summed E-state index contributed by atoms with van der Waals surface area (Å²) in [6.07, 6.45) is 4.40. The standard InChI is InChI=1S/C36H18N6/c1-39-31(19-37)33-27-17-25-21(29-13-3-5-15-41-29)9-7-11-23(25)34(27)36(32(20-38)40-2)35-24-12-8-10-22(26(24)18-28(33)35)30-14-4-6-16-42-30/h3-16H,17-18H2. The highest BCUT2D eigenvalue weighted by Gasteiger charge is 2.33. The Hall–Kier alpha value is -6.34. The molecule has 2 aliphatic carbocycles. The first-order valence-corrected chi connectivity index (χ1v) is 13.3. The number of fused-ring (bicyclic) bond motifs is 6. The lowest BCUT2D eigenvalue weighted by molar-refractivity contribution is 1.16. The van der Waals surface area contributed by atoms with Gasteiger partial charge in [0.05, 0.1) is 36.7 Å². The van der Waals surface area contributed by atoms with Gasteiger partial charge in [0.2, 0.25) is 0 Å². The van der Waals surface area contributed by atoms with Crippen molar-refractivity contribution in [1.29, 1.82) is 10.5 Å². The van der Waals surface area contributed by atoms with E-state index in [2.05, 4.69) is 31.8 Å². The lowest BCUT2D eigenvalue weighted by Gasteiger charge is -2.13. The molecule has 0 N–H and O–H groups in total. The fraction of sp³-hybridized carbons (Fsp3) is 0.0556. The minimum atomic E-state index is -0.0115. The number of rotatable bonds is 2. The first-order chi connectivity index (χ1) is 20.7. The van der Waals surface area contributed by atoms with E-state index in [4.69, 9.17) is 13.1 Å². The highest BCUT2D eigenvalue weighted by Crippen LogP contribution is 2.44. The van der Waals surface area contributed by atoms with Gasteiger partial charge >= 0.3 is 0 Å². The highest BCUT2D eigenvalue weighted by atomic mass is 14.7. The Balaban J connectivity index is 1.68. The molecule has 0 saturated carbocycles. The quantitative estimate of drug-likeness (QED) is 0.253. The van der Waals surface area contributed by atoms with Crippen molar-refractivity contribution in [2.24, 2.45) is 0 Å². The van der Waals surface area contributed by atoms with Gasteiger partial charge < -0.3 is 0 Å². The Morgan fingerprint density at radius 1 is 0.571 bits per heavy atom. The van der Waals surface area contributed by atoms with Crippen LogP contribution in [0, 0.1) is 35.8 Å². The predicted octanol–water partition coefficient (Wildman–Crippen LogP) is 6.06. The van der Waals surface area contributed by atoms with E-state index in [-0.39, 0.29) is 11.4 Å². The fourth-order valence-electron chi connectivity index (χ4n) is 6.50. The predicted molar refractivity (Wildman–Crippen MR) is 160 cm³/mol. The molecule has 192 valence electrons. The van der Waals surface area contributed by atoms with Crippen LogP contribution in [0.5, 0.6) is 0 Å². The van der Waals surface area contributed by atoms with Crippen molar-refractivity contribution in [3.63, 3.8) is 0 Å². The summed E-state index contributed by atoms with van der Waals surface area (Å²) in [6.45, 7) is 15.9. The molecule has 42 heavy (non-hydrogen) atoms. The van der Waals surface area contributed by atoms with E-state index in [1.807, 2.05) is 72.8 Å². The number of hydrogen-bond acceptors (Lipinski definition) is 4. The van der Waals surface area contributed by atoms with Crippen LogP contribution < -0.4 is 10.4 Å². The molecule has 6 heteroatoms. The van der Waals surface area contributed by atoms with Gasteiger partial charge in [0.15, 0.2) is 0 Å². The average Bonchev–Trinajstić information content (AvgIpc) is 3.63. The second-order valence-electron chi connectivity index (χ2n) is 10.0. The summed E-state index contributed by atoms with van der Waals surface area (Å²) in [5.41, 5.74) is 10.4. The number of aromatic nitrogens is 2. The molecule has 2 heterocycles. The molecule has 0 fully saturated rings. The molecular weight excluding hydrogens is 516 g/mol. The maximum absolute atomic E-state index is 10.2. The van der Waals surface area contributed by atoms with Crippen molar-refractivity contribution >= 4 is 11.4 Å². The van der Waals surface area contributed by atoms with Gasteiger partial charge in [-0.15, -0.1) is 0 Å². The molecule has 0 spiro atoms. The molecule has 7 rings (SSSR count). The van der Waals surface area contributed by atoms with Gasteiger partial charge in [-0.2, -0.15) is 0 Å². The molecule has 2 aromatic heterocycles. The van der Waals surface area contributed by atoms with Gasteiger partial charge in [-0.3, -0.25) is 9.97 Å². The van der Waals surface area contributed by atoms with E-state index in [1.54, 1.807) is 12.4 Å². The van der Waals surface area contributed by atoms with Crippen LogP contribution in [0.1, 0.15) is 22.3 Å². The van der Waals surface area contributed by atoms with E-state index >= 15 is 0 Å². The van der Waals surface area contributed by atoms with Crippen molar-refractivity contribution in [1.82, 2.24) is 9.97 Å². The van der Waals surface area contributed by atoms with Crippen molar-refractivity contribution in [2.75, 3.05) is 0 Å². The molecule has 0 bridgehead atoms. The summed E-state index contributed by atoms with van der Waals surface area (Å²) < 4.78 is 0. The fourth-order valence-corrected chi connectivity index (χ4v) is 6.50. The molecule has 0 radical (unpaired) electrons. The zero-order chi connectivity index (χ0) is 28.8. The molecule has 0 saturated heterocycles. The van der Waals surface area contributed by atoms with Gasteiger partial charge in [-0.05, 0) is 86.8 Å². The van der Waals surface area contributed by atoms with Crippen molar-refractivity contribution in [2.45, 2.75) is 12.8 Å². The largest absolute Gasteiger partial charge is 0.270 e. The molecule has 0 unspecified atom stereocenters. The number of pyridine rings is 2. The Morgan fingerprint density at radius 3 is 1.43 bits per heavy atom. The van der Waals surface area contributed by atoms with E-state index in [1.165, 1.54) is 0 Å². The van der Waals surface area contributed by atoms with Crippen LogP contribution in [-0.2, 0) is 12.8 Å². The number of nitriles is 2. The number of nitrogens with zero attached hydrogens (tertiary/aromatic N) is 6. The van der Waals surface area contributed by atoms with Crippen LogP contribution >= 0.6 is 0 Å². The third-order valence-electron chi connectivity index (χ3n) is 8.10. The van der Waals surface area contributed by atoms with Crippen LogP contribution in [0.15, 0.2) is 85.2 Å². The SMILES string of the molecule is [C-]#[N+]C(C#N)=c1c2c(c(=C(C#N)[N+]#[C-])c3c1Cc1c(-c4ccccn4)cccc1-3)-c1cccc(-c3ccccn3)c1C2. The van der Waals surface area contributed by atoms with Gasteiger partial charge in [-0.25, -0.2) is 20.2 Å². The topological polar surface area (TPSA) is 82.1 Å². The van der Waals surface area contributed by atoms with Crippen LogP contribution in [0.4, 0.5) is 0 Å². The minimum absolute atomic E-state index is 0.00903. The highest BCUT2D eigenvalue weighted by molar-refractivity contribution is 5.96. The molecule has 0 aliphatic heterocycles. The third kappa shape index (κ3) is 3.47. The molecule has 3 aromatic carbocycles. The first-order valence-electron chi connectivity index (χ1n) is 13.3. The normalized spacial score (nSPS) is 11.5. The summed E-state index contributed by atoms with van der Waals surface area (Å²) >= 11 is 0. The Labute approximate surface area is 242 Å². The second-order valence-corrected chi connectivity index (χ2v) is 10.0. The molecule has 0 amide bonds. The van der Waals surface area contributed by atoms with E-state index < -0.39 is 0 Å². The van der Waals surface area contributed by atoms with Crippen molar-refractivity contribution in [3.05, 3.63) is 141 Å². The average molecular weight is 535 g/mol. The summed E-state index contributed by atoms with van der Waals surface area (Å²) in [7, 11) is 0. The summed E-state index contributed by atoms with van der Waals surface area (Å²) in [6, 6.07) is 27.8. The first kappa shape index (κ1) is 24.7. The summed E-state index contributed by atoms with van der Waals surface area (Å²) in [5.74, 6) is 0. The molecular formula is C36H18N6. The third-order valence-corrected chi connectivity index (χ3v) is 8.10. The molecule has 0 atom stereocenters. The monoisotopic (exact) mass is 534 g/mol. The molecule has 5 aromatic rings. The van der Waals surface area contributed by atoms with E-state index in [9.17, 15) is 10.5 Å². The molecule has 6 nitrogen and oxygen atoms in total. The lowest BCUT2D eigenvalue weighted by atomic mass is 9.90. The zero-order valence-electron chi connectivity index (χ0n) is 22.2.